The number of nitrogens with zero attached hydrogens (tertiary/aromatic N) is 2. The van der Waals surface area contributed by atoms with E-state index in [4.69, 9.17) is 11.6 Å². The third-order valence-electron chi connectivity index (χ3n) is 2.21. The molecule has 1 aromatic heterocycles. The molecule has 0 aliphatic rings. The summed E-state index contributed by atoms with van der Waals surface area (Å²) in [7, 11) is 1.99. The van der Waals surface area contributed by atoms with Gasteiger partial charge in [-0.15, -0.1) is 0 Å². The maximum atomic E-state index is 5.97. The van der Waals surface area contributed by atoms with Crippen LogP contribution in [0.25, 0.3) is 0 Å². The van der Waals surface area contributed by atoms with Crippen LogP contribution in [-0.2, 0) is 13.5 Å². The van der Waals surface area contributed by atoms with Crippen molar-refractivity contribution in [3.05, 3.63) is 51.5 Å². The molecule has 0 radical (unpaired) electrons. The van der Waals surface area contributed by atoms with Crippen molar-refractivity contribution in [2.45, 2.75) is 6.42 Å². The number of imidazole rings is 1. The number of aromatic nitrogens is 2. The third kappa shape index (κ3) is 2.61. The lowest BCUT2D eigenvalue weighted by Crippen LogP contribution is -1.98. The summed E-state index contributed by atoms with van der Waals surface area (Å²) >= 11 is 9.40. The minimum Gasteiger partial charge on any atom is -0.338 e. The van der Waals surface area contributed by atoms with Crippen molar-refractivity contribution < 1.29 is 0 Å². The molecule has 0 fully saturated rings. The summed E-state index contributed by atoms with van der Waals surface area (Å²) in [5, 5.41) is 0.744. The second-order valence-corrected chi connectivity index (χ2v) is 4.76. The van der Waals surface area contributed by atoms with Crippen molar-refractivity contribution in [2.24, 2.45) is 7.05 Å². The van der Waals surface area contributed by atoms with E-state index >= 15 is 0 Å². The summed E-state index contributed by atoms with van der Waals surface area (Å²) in [6.45, 7) is 0. The van der Waals surface area contributed by atoms with Crippen LogP contribution >= 0.6 is 27.5 Å². The van der Waals surface area contributed by atoms with E-state index in [-0.39, 0.29) is 0 Å². The van der Waals surface area contributed by atoms with Gasteiger partial charge >= 0.3 is 0 Å². The van der Waals surface area contributed by atoms with E-state index in [1.54, 1.807) is 6.20 Å². The van der Waals surface area contributed by atoms with Crippen molar-refractivity contribution >= 4 is 27.5 Å². The van der Waals surface area contributed by atoms with Crippen LogP contribution in [0.15, 0.2) is 35.1 Å². The molecular weight excluding hydrogens is 275 g/mol. The average molecular weight is 286 g/mol. The molecule has 2 nitrogen and oxygen atoms in total. The van der Waals surface area contributed by atoms with Gasteiger partial charge in [-0.2, -0.15) is 0 Å². The van der Waals surface area contributed by atoms with Crippen molar-refractivity contribution in [1.29, 1.82) is 0 Å². The minimum absolute atomic E-state index is 0.744. The fourth-order valence-electron chi connectivity index (χ4n) is 1.46. The Hall–Kier alpha value is -0.800. The van der Waals surface area contributed by atoms with Crippen LogP contribution in [0.2, 0.25) is 5.02 Å². The standard InChI is InChI=1S/C11H10BrClN2/c1-15-3-2-14-11(15)6-8-4-9(12)7-10(13)5-8/h2-5,7H,6H2,1H3. The highest BCUT2D eigenvalue weighted by atomic mass is 79.9. The second kappa shape index (κ2) is 4.37. The maximum Gasteiger partial charge on any atom is 0.112 e. The fourth-order valence-corrected chi connectivity index (χ4v) is 2.39. The molecule has 0 aliphatic heterocycles. The Labute approximate surface area is 102 Å². The van der Waals surface area contributed by atoms with E-state index in [1.165, 1.54) is 0 Å². The lowest BCUT2D eigenvalue weighted by atomic mass is 10.1. The summed E-state index contributed by atoms with van der Waals surface area (Å²) in [6, 6.07) is 5.89. The number of halogens is 2. The number of rotatable bonds is 2. The maximum absolute atomic E-state index is 5.97. The molecule has 2 aromatic rings. The van der Waals surface area contributed by atoms with Crippen molar-refractivity contribution in [1.82, 2.24) is 9.55 Å². The monoisotopic (exact) mass is 284 g/mol. The average Bonchev–Trinajstić information content (AvgIpc) is 2.50. The Morgan fingerprint density at radius 2 is 2.20 bits per heavy atom. The van der Waals surface area contributed by atoms with Crippen LogP contribution in [-0.4, -0.2) is 9.55 Å². The zero-order valence-corrected chi connectivity index (χ0v) is 10.6. The first kappa shape index (κ1) is 10.7. The molecule has 0 N–H and O–H groups in total. The molecule has 0 unspecified atom stereocenters. The number of aryl methyl sites for hydroxylation is 1. The van der Waals surface area contributed by atoms with Crippen LogP contribution in [0.4, 0.5) is 0 Å². The molecule has 0 bridgehead atoms. The first-order valence-electron chi connectivity index (χ1n) is 4.56. The number of hydrogen-bond donors (Lipinski definition) is 0. The third-order valence-corrected chi connectivity index (χ3v) is 2.88. The van der Waals surface area contributed by atoms with E-state index in [9.17, 15) is 0 Å². The van der Waals surface area contributed by atoms with Crippen molar-refractivity contribution in [3.8, 4) is 0 Å². The summed E-state index contributed by atoms with van der Waals surface area (Å²) in [5.41, 5.74) is 1.16. The fraction of sp³-hybridized carbons (Fsp3) is 0.182. The predicted molar refractivity (Wildman–Crippen MR) is 65.2 cm³/mol. The molecule has 1 heterocycles. The van der Waals surface area contributed by atoms with E-state index in [2.05, 4.69) is 27.0 Å². The van der Waals surface area contributed by atoms with Gasteiger partial charge in [0.05, 0.1) is 0 Å². The van der Waals surface area contributed by atoms with Gasteiger partial charge in [0, 0.05) is 35.4 Å². The normalized spacial score (nSPS) is 10.6. The summed E-state index contributed by atoms with van der Waals surface area (Å²) < 4.78 is 3.01. The SMILES string of the molecule is Cn1ccnc1Cc1cc(Cl)cc(Br)c1. The summed E-state index contributed by atoms with van der Waals surface area (Å²) in [4.78, 5) is 4.27. The Bertz CT molecular complexity index is 459. The predicted octanol–water partition coefficient (Wildman–Crippen LogP) is 3.43. The van der Waals surface area contributed by atoms with Gasteiger partial charge in [-0.25, -0.2) is 4.98 Å². The van der Waals surface area contributed by atoms with Gasteiger partial charge in [-0.1, -0.05) is 27.5 Å². The molecule has 78 valence electrons. The molecule has 0 saturated heterocycles. The van der Waals surface area contributed by atoms with Gasteiger partial charge < -0.3 is 4.57 Å². The first-order valence-corrected chi connectivity index (χ1v) is 5.73. The smallest absolute Gasteiger partial charge is 0.112 e. The Morgan fingerprint density at radius 1 is 1.40 bits per heavy atom. The molecule has 0 aliphatic carbocycles. The van der Waals surface area contributed by atoms with Crippen molar-refractivity contribution in [2.75, 3.05) is 0 Å². The van der Waals surface area contributed by atoms with Crippen LogP contribution in [0.5, 0.6) is 0 Å². The van der Waals surface area contributed by atoms with Crippen LogP contribution < -0.4 is 0 Å². The van der Waals surface area contributed by atoms with E-state index < -0.39 is 0 Å². The molecule has 4 heteroatoms. The zero-order valence-electron chi connectivity index (χ0n) is 8.24. The van der Waals surface area contributed by atoms with Crippen LogP contribution in [0.3, 0.4) is 0 Å². The Morgan fingerprint density at radius 3 is 2.80 bits per heavy atom. The van der Waals surface area contributed by atoms with Crippen LogP contribution in [0, 0.1) is 0 Å². The first-order chi connectivity index (χ1) is 7.15. The van der Waals surface area contributed by atoms with Crippen molar-refractivity contribution in [3.63, 3.8) is 0 Å². The lowest BCUT2D eigenvalue weighted by Gasteiger charge is -2.03. The molecular formula is C11H10BrClN2. The van der Waals surface area contributed by atoms with E-state index in [1.807, 2.05) is 29.9 Å². The van der Waals surface area contributed by atoms with Gasteiger partial charge in [0.15, 0.2) is 0 Å². The van der Waals surface area contributed by atoms with Gasteiger partial charge in [0.2, 0.25) is 0 Å². The summed E-state index contributed by atoms with van der Waals surface area (Å²) in [6.07, 6.45) is 4.53. The number of benzene rings is 1. The Balaban J connectivity index is 2.28. The van der Waals surface area contributed by atoms with Gasteiger partial charge in [-0.3, -0.25) is 0 Å². The number of hydrogen-bond acceptors (Lipinski definition) is 1. The largest absolute Gasteiger partial charge is 0.338 e. The minimum atomic E-state index is 0.744. The lowest BCUT2D eigenvalue weighted by molar-refractivity contribution is 0.821. The zero-order chi connectivity index (χ0) is 10.8. The Kier molecular flexibility index (Phi) is 3.12. The second-order valence-electron chi connectivity index (χ2n) is 3.41. The molecule has 2 rings (SSSR count). The van der Waals surface area contributed by atoms with E-state index in [0.29, 0.717) is 0 Å². The molecule has 0 spiro atoms. The molecule has 0 saturated carbocycles. The summed E-state index contributed by atoms with van der Waals surface area (Å²) in [5.74, 6) is 1.03. The highest BCUT2D eigenvalue weighted by Crippen LogP contribution is 2.21. The molecule has 1 aromatic carbocycles. The van der Waals surface area contributed by atoms with Gasteiger partial charge in [-0.05, 0) is 23.8 Å². The highest BCUT2D eigenvalue weighted by Gasteiger charge is 2.03. The van der Waals surface area contributed by atoms with E-state index in [0.717, 1.165) is 27.3 Å². The topological polar surface area (TPSA) is 17.8 Å². The highest BCUT2D eigenvalue weighted by molar-refractivity contribution is 9.10. The van der Waals surface area contributed by atoms with Gasteiger partial charge in [0.1, 0.15) is 5.82 Å². The molecule has 15 heavy (non-hydrogen) atoms. The van der Waals surface area contributed by atoms with Crippen LogP contribution in [0.1, 0.15) is 11.4 Å². The quantitative estimate of drug-likeness (QED) is 0.826. The molecule has 0 atom stereocenters. The molecule has 0 amide bonds. The van der Waals surface area contributed by atoms with Gasteiger partial charge in [0.25, 0.3) is 0 Å².